The molecule has 23 heavy (non-hydrogen) atoms. The third-order valence-corrected chi connectivity index (χ3v) is 5.93. The van der Waals surface area contributed by atoms with Gasteiger partial charge in [0.05, 0.1) is 11.8 Å². The Kier molecular flexibility index (Phi) is 2.99. The first-order valence-electron chi connectivity index (χ1n) is 8.40. The lowest BCUT2D eigenvalue weighted by atomic mass is 9.57. The Hall–Kier alpha value is -2.03. The molecule has 0 spiro atoms. The van der Waals surface area contributed by atoms with Crippen molar-refractivity contribution in [1.82, 2.24) is 0 Å². The Morgan fingerprint density at radius 1 is 1.35 bits per heavy atom. The standard InChI is InChI=1S/C20H22O3/c1-11(2)12-4-6-16-14(18(12)21)5-7-17-15-10-23-19(22)13(15)8-9-20(16,17)3/h4,6,8,10-11,17,21H,5,7,9H2,1-3H3. The minimum Gasteiger partial charge on any atom is -0.507 e. The van der Waals surface area contributed by atoms with Gasteiger partial charge in [-0.2, -0.15) is 0 Å². The summed E-state index contributed by atoms with van der Waals surface area (Å²) in [5.74, 6) is 0.850. The van der Waals surface area contributed by atoms with Gasteiger partial charge in [-0.1, -0.05) is 39.0 Å². The highest BCUT2D eigenvalue weighted by Crippen LogP contribution is 2.54. The number of benzene rings is 1. The molecule has 1 heterocycles. The van der Waals surface area contributed by atoms with Crippen molar-refractivity contribution in [2.45, 2.75) is 51.4 Å². The van der Waals surface area contributed by atoms with E-state index in [9.17, 15) is 9.90 Å². The number of aromatic hydroxyl groups is 1. The molecule has 1 aliphatic heterocycles. The van der Waals surface area contributed by atoms with Crippen LogP contribution in [-0.2, 0) is 21.4 Å². The van der Waals surface area contributed by atoms with E-state index in [0.717, 1.165) is 41.5 Å². The van der Waals surface area contributed by atoms with E-state index < -0.39 is 0 Å². The number of phenols is 1. The maximum atomic E-state index is 11.8. The maximum absolute atomic E-state index is 11.8. The van der Waals surface area contributed by atoms with Gasteiger partial charge in [-0.25, -0.2) is 4.79 Å². The van der Waals surface area contributed by atoms with Crippen LogP contribution in [0.5, 0.6) is 5.75 Å². The molecule has 0 saturated carbocycles. The monoisotopic (exact) mass is 310 g/mol. The number of fused-ring (bicyclic) bond motifs is 5. The van der Waals surface area contributed by atoms with Crippen LogP contribution in [0.2, 0.25) is 0 Å². The third kappa shape index (κ3) is 1.85. The molecule has 0 radical (unpaired) electrons. The molecule has 3 nitrogen and oxygen atoms in total. The SMILES string of the molecule is CC(C)c1ccc2c(c1O)CCC1C3=COC(=O)C3=CCC21C. The van der Waals surface area contributed by atoms with E-state index in [2.05, 4.69) is 32.9 Å². The highest BCUT2D eigenvalue weighted by molar-refractivity contribution is 5.97. The van der Waals surface area contributed by atoms with Gasteiger partial charge in [0.2, 0.25) is 0 Å². The zero-order chi connectivity index (χ0) is 16.4. The van der Waals surface area contributed by atoms with Gasteiger partial charge in [0.1, 0.15) is 5.75 Å². The second-order valence-corrected chi connectivity index (χ2v) is 7.49. The molecule has 2 aliphatic carbocycles. The van der Waals surface area contributed by atoms with Crippen molar-refractivity contribution >= 4 is 5.97 Å². The summed E-state index contributed by atoms with van der Waals surface area (Å²) in [5, 5.41) is 10.7. The smallest absolute Gasteiger partial charge is 0.343 e. The van der Waals surface area contributed by atoms with Crippen molar-refractivity contribution < 1.29 is 14.6 Å². The normalized spacial score (nSPS) is 28.5. The fourth-order valence-corrected chi connectivity index (χ4v) is 4.60. The fraction of sp³-hybridized carbons (Fsp3) is 0.450. The molecule has 3 aliphatic rings. The lowest BCUT2D eigenvalue weighted by molar-refractivity contribution is -0.132. The molecule has 1 N–H and O–H groups in total. The molecular weight excluding hydrogens is 288 g/mol. The van der Waals surface area contributed by atoms with Crippen molar-refractivity contribution in [3.63, 3.8) is 0 Å². The van der Waals surface area contributed by atoms with Gasteiger partial charge in [-0.05, 0) is 47.8 Å². The fourth-order valence-electron chi connectivity index (χ4n) is 4.60. The first kappa shape index (κ1) is 14.6. The number of rotatable bonds is 1. The van der Waals surface area contributed by atoms with Gasteiger partial charge in [0.15, 0.2) is 0 Å². The number of allylic oxidation sites excluding steroid dienone is 1. The molecule has 0 saturated heterocycles. The molecule has 0 aromatic heterocycles. The predicted molar refractivity (Wildman–Crippen MR) is 88.2 cm³/mol. The Morgan fingerprint density at radius 3 is 2.87 bits per heavy atom. The number of hydrogen-bond acceptors (Lipinski definition) is 3. The average molecular weight is 310 g/mol. The van der Waals surface area contributed by atoms with Crippen LogP contribution in [0.4, 0.5) is 0 Å². The van der Waals surface area contributed by atoms with Crippen LogP contribution in [0.1, 0.15) is 56.2 Å². The first-order valence-corrected chi connectivity index (χ1v) is 8.40. The maximum Gasteiger partial charge on any atom is 0.343 e. The average Bonchev–Trinajstić information content (AvgIpc) is 2.88. The number of hydrogen-bond donors (Lipinski definition) is 1. The van der Waals surface area contributed by atoms with Gasteiger partial charge in [0, 0.05) is 11.0 Å². The summed E-state index contributed by atoms with van der Waals surface area (Å²) < 4.78 is 5.14. The van der Waals surface area contributed by atoms with Gasteiger partial charge in [0.25, 0.3) is 0 Å². The number of esters is 1. The lowest BCUT2D eigenvalue weighted by Gasteiger charge is -2.46. The van der Waals surface area contributed by atoms with E-state index in [1.165, 1.54) is 5.56 Å². The molecule has 0 bridgehead atoms. The predicted octanol–water partition coefficient (Wildman–Crippen LogP) is 4.11. The van der Waals surface area contributed by atoms with E-state index in [0.29, 0.717) is 11.7 Å². The summed E-state index contributed by atoms with van der Waals surface area (Å²) in [6.45, 7) is 6.47. The van der Waals surface area contributed by atoms with Crippen molar-refractivity contribution in [1.29, 1.82) is 0 Å². The highest BCUT2D eigenvalue weighted by Gasteiger charge is 2.48. The van der Waals surface area contributed by atoms with Gasteiger partial charge < -0.3 is 9.84 Å². The summed E-state index contributed by atoms with van der Waals surface area (Å²) in [7, 11) is 0. The van der Waals surface area contributed by atoms with Crippen LogP contribution >= 0.6 is 0 Å². The minimum absolute atomic E-state index is 0.0795. The second kappa shape index (κ2) is 4.73. The highest BCUT2D eigenvalue weighted by atomic mass is 16.5. The number of ether oxygens (including phenoxy) is 1. The van der Waals surface area contributed by atoms with E-state index in [4.69, 9.17) is 4.74 Å². The molecule has 120 valence electrons. The van der Waals surface area contributed by atoms with Crippen LogP contribution in [0.3, 0.4) is 0 Å². The van der Waals surface area contributed by atoms with Crippen LogP contribution < -0.4 is 0 Å². The van der Waals surface area contributed by atoms with E-state index in [1.54, 1.807) is 6.26 Å². The molecule has 3 heteroatoms. The Bertz CT molecular complexity index is 769. The number of cyclic esters (lactones) is 1. The molecule has 2 unspecified atom stereocenters. The van der Waals surface area contributed by atoms with Gasteiger partial charge in [-0.15, -0.1) is 0 Å². The Balaban J connectivity index is 1.86. The van der Waals surface area contributed by atoms with Gasteiger partial charge in [-0.3, -0.25) is 0 Å². The van der Waals surface area contributed by atoms with E-state index in [1.807, 2.05) is 6.08 Å². The summed E-state index contributed by atoms with van der Waals surface area (Å²) in [4.78, 5) is 11.8. The molecule has 0 amide bonds. The van der Waals surface area contributed by atoms with E-state index in [-0.39, 0.29) is 17.3 Å². The largest absolute Gasteiger partial charge is 0.507 e. The van der Waals surface area contributed by atoms with Crippen molar-refractivity contribution in [3.05, 3.63) is 52.3 Å². The van der Waals surface area contributed by atoms with Gasteiger partial charge >= 0.3 is 5.97 Å². The van der Waals surface area contributed by atoms with Crippen LogP contribution in [0.15, 0.2) is 35.6 Å². The Morgan fingerprint density at radius 2 is 2.13 bits per heavy atom. The van der Waals surface area contributed by atoms with Crippen molar-refractivity contribution in [3.8, 4) is 5.75 Å². The molecule has 4 rings (SSSR count). The topological polar surface area (TPSA) is 46.5 Å². The number of carbonyl (C=O) groups excluding carboxylic acids is 1. The summed E-state index contributed by atoms with van der Waals surface area (Å²) >= 11 is 0. The molecule has 1 aromatic rings. The lowest BCUT2D eigenvalue weighted by Crippen LogP contribution is -2.40. The molecule has 1 aromatic carbocycles. The minimum atomic E-state index is -0.217. The number of carbonyl (C=O) groups is 1. The van der Waals surface area contributed by atoms with Crippen molar-refractivity contribution in [2.24, 2.45) is 5.92 Å². The quantitative estimate of drug-likeness (QED) is 0.794. The summed E-state index contributed by atoms with van der Waals surface area (Å²) in [6.07, 6.45) is 6.26. The number of phenolic OH excluding ortho intramolecular Hbond substituents is 1. The zero-order valence-electron chi connectivity index (χ0n) is 13.8. The Labute approximate surface area is 136 Å². The summed E-state index contributed by atoms with van der Waals surface area (Å²) in [6, 6.07) is 4.25. The van der Waals surface area contributed by atoms with E-state index >= 15 is 0 Å². The zero-order valence-corrected chi connectivity index (χ0v) is 13.8. The van der Waals surface area contributed by atoms with Crippen LogP contribution in [-0.4, -0.2) is 11.1 Å². The molecule has 0 fully saturated rings. The van der Waals surface area contributed by atoms with Crippen molar-refractivity contribution in [2.75, 3.05) is 0 Å². The first-order chi connectivity index (χ1) is 10.9. The molecular formula is C20H22O3. The third-order valence-electron chi connectivity index (χ3n) is 5.93. The van der Waals surface area contributed by atoms with Crippen LogP contribution in [0.25, 0.3) is 0 Å². The summed E-state index contributed by atoms with van der Waals surface area (Å²) in [5.41, 5.74) is 5.06. The van der Waals surface area contributed by atoms with Crippen LogP contribution in [0, 0.1) is 5.92 Å². The second-order valence-electron chi connectivity index (χ2n) is 7.49. The molecule has 2 atom stereocenters.